The van der Waals surface area contributed by atoms with Gasteiger partial charge in [-0.2, -0.15) is 0 Å². The van der Waals surface area contributed by atoms with Gasteiger partial charge in [0.2, 0.25) is 0 Å². The fourth-order valence-corrected chi connectivity index (χ4v) is 2.85. The average molecular weight is 294 g/mol. The van der Waals surface area contributed by atoms with Crippen molar-refractivity contribution < 1.29 is 4.79 Å². The standard InChI is InChI=1S/C13H12ClN3OS/c14-9-3-1-8(2-4-9)10-5-6-11(10)15-13(18)12-7-19-17-16-12/h1-4,7,10-11H,5-6H2,(H,15,18)/t10-,11-/m0/s1. The molecule has 3 rings (SSSR count). The van der Waals surface area contributed by atoms with Gasteiger partial charge in [-0.1, -0.05) is 28.2 Å². The highest BCUT2D eigenvalue weighted by atomic mass is 35.5. The summed E-state index contributed by atoms with van der Waals surface area (Å²) in [5.41, 5.74) is 1.61. The van der Waals surface area contributed by atoms with Gasteiger partial charge in [0.15, 0.2) is 5.69 Å². The molecule has 1 aliphatic rings. The molecule has 98 valence electrons. The van der Waals surface area contributed by atoms with E-state index >= 15 is 0 Å². The van der Waals surface area contributed by atoms with Crippen LogP contribution in [0.4, 0.5) is 0 Å². The number of hydrogen-bond donors (Lipinski definition) is 1. The van der Waals surface area contributed by atoms with E-state index in [1.165, 1.54) is 17.1 Å². The molecule has 6 heteroatoms. The van der Waals surface area contributed by atoms with Gasteiger partial charge in [-0.25, -0.2) is 0 Å². The van der Waals surface area contributed by atoms with Crippen LogP contribution in [-0.2, 0) is 0 Å². The minimum Gasteiger partial charge on any atom is -0.347 e. The Labute approximate surface area is 120 Å². The van der Waals surface area contributed by atoms with Crippen LogP contribution in [-0.4, -0.2) is 21.5 Å². The molecule has 0 bridgehead atoms. The summed E-state index contributed by atoms with van der Waals surface area (Å²) in [6.45, 7) is 0. The molecule has 1 N–H and O–H groups in total. The Hall–Kier alpha value is -1.46. The normalized spacial score (nSPS) is 21.7. The molecule has 1 aliphatic carbocycles. The Bertz CT molecular complexity index is 570. The van der Waals surface area contributed by atoms with Crippen molar-refractivity contribution in [3.63, 3.8) is 0 Å². The van der Waals surface area contributed by atoms with Crippen molar-refractivity contribution in [1.82, 2.24) is 14.9 Å². The molecule has 1 amide bonds. The summed E-state index contributed by atoms with van der Waals surface area (Å²) in [5, 5.41) is 9.18. The summed E-state index contributed by atoms with van der Waals surface area (Å²) in [6, 6.07) is 8.00. The van der Waals surface area contributed by atoms with E-state index in [0.717, 1.165) is 17.9 Å². The van der Waals surface area contributed by atoms with Crippen molar-refractivity contribution in [2.45, 2.75) is 24.8 Å². The molecule has 0 saturated heterocycles. The van der Waals surface area contributed by atoms with Crippen molar-refractivity contribution >= 4 is 29.0 Å². The van der Waals surface area contributed by atoms with Gasteiger partial charge in [0.25, 0.3) is 5.91 Å². The van der Waals surface area contributed by atoms with E-state index in [1.54, 1.807) is 5.38 Å². The second-order valence-corrected chi connectivity index (χ2v) is 5.65. The van der Waals surface area contributed by atoms with E-state index in [-0.39, 0.29) is 11.9 Å². The van der Waals surface area contributed by atoms with Gasteiger partial charge >= 0.3 is 0 Å². The smallest absolute Gasteiger partial charge is 0.272 e. The lowest BCUT2D eigenvalue weighted by Gasteiger charge is -2.37. The van der Waals surface area contributed by atoms with Gasteiger partial charge in [-0.05, 0) is 42.1 Å². The van der Waals surface area contributed by atoms with Gasteiger partial charge in [-0.3, -0.25) is 4.79 Å². The third kappa shape index (κ3) is 2.62. The second kappa shape index (κ2) is 5.27. The number of benzene rings is 1. The van der Waals surface area contributed by atoms with Crippen molar-refractivity contribution in [3.05, 3.63) is 45.9 Å². The fourth-order valence-electron chi connectivity index (χ4n) is 2.29. The summed E-state index contributed by atoms with van der Waals surface area (Å²) in [4.78, 5) is 11.9. The van der Waals surface area contributed by atoms with Crippen molar-refractivity contribution in [2.24, 2.45) is 0 Å². The molecular weight excluding hydrogens is 282 g/mol. The van der Waals surface area contributed by atoms with E-state index in [0.29, 0.717) is 11.6 Å². The molecule has 2 atom stereocenters. The molecule has 1 saturated carbocycles. The number of nitrogens with one attached hydrogen (secondary N) is 1. The van der Waals surface area contributed by atoms with E-state index in [4.69, 9.17) is 11.6 Å². The fraction of sp³-hybridized carbons (Fsp3) is 0.308. The number of carbonyl (C=O) groups is 1. The maximum Gasteiger partial charge on any atom is 0.272 e. The molecule has 19 heavy (non-hydrogen) atoms. The molecule has 4 nitrogen and oxygen atoms in total. The Morgan fingerprint density at radius 3 is 2.68 bits per heavy atom. The lowest BCUT2D eigenvalue weighted by Crippen LogP contribution is -2.45. The minimum absolute atomic E-state index is 0.141. The van der Waals surface area contributed by atoms with Crippen LogP contribution in [0.3, 0.4) is 0 Å². The Morgan fingerprint density at radius 2 is 2.11 bits per heavy atom. The highest BCUT2D eigenvalue weighted by Crippen LogP contribution is 2.37. The first-order chi connectivity index (χ1) is 9.24. The van der Waals surface area contributed by atoms with Crippen LogP contribution in [0, 0.1) is 0 Å². The lowest BCUT2D eigenvalue weighted by molar-refractivity contribution is 0.0899. The number of nitrogens with zero attached hydrogens (tertiary/aromatic N) is 2. The van der Waals surface area contributed by atoms with Crippen molar-refractivity contribution in [3.8, 4) is 0 Å². The average Bonchev–Trinajstić information content (AvgIpc) is 2.91. The van der Waals surface area contributed by atoms with Gasteiger partial charge in [-0.15, -0.1) is 5.10 Å². The van der Waals surface area contributed by atoms with Crippen LogP contribution >= 0.6 is 23.1 Å². The molecular formula is C13H12ClN3OS. The third-order valence-corrected chi connectivity index (χ3v) is 4.24. The highest BCUT2D eigenvalue weighted by molar-refractivity contribution is 7.03. The monoisotopic (exact) mass is 293 g/mol. The van der Waals surface area contributed by atoms with E-state index in [9.17, 15) is 4.79 Å². The summed E-state index contributed by atoms with van der Waals surface area (Å²) in [7, 11) is 0. The number of halogens is 1. The zero-order valence-corrected chi connectivity index (χ0v) is 11.6. The summed E-state index contributed by atoms with van der Waals surface area (Å²) < 4.78 is 3.70. The maximum atomic E-state index is 11.9. The molecule has 0 spiro atoms. The largest absolute Gasteiger partial charge is 0.347 e. The highest BCUT2D eigenvalue weighted by Gasteiger charge is 2.33. The topological polar surface area (TPSA) is 54.9 Å². The number of rotatable bonds is 3. The summed E-state index contributed by atoms with van der Waals surface area (Å²) in [5.74, 6) is 0.227. The molecule has 1 aromatic heterocycles. The number of hydrogen-bond acceptors (Lipinski definition) is 4. The molecule has 1 heterocycles. The minimum atomic E-state index is -0.141. The van der Waals surface area contributed by atoms with Gasteiger partial charge < -0.3 is 5.32 Å². The molecule has 1 fully saturated rings. The predicted octanol–water partition coefficient (Wildman–Crippen LogP) is 2.87. The Morgan fingerprint density at radius 1 is 1.32 bits per heavy atom. The van der Waals surface area contributed by atoms with E-state index in [1.807, 2.05) is 24.3 Å². The molecule has 1 aromatic carbocycles. The molecule has 0 aliphatic heterocycles. The second-order valence-electron chi connectivity index (χ2n) is 4.61. The number of amides is 1. The van der Waals surface area contributed by atoms with E-state index < -0.39 is 0 Å². The third-order valence-electron chi connectivity index (χ3n) is 3.48. The van der Waals surface area contributed by atoms with Gasteiger partial charge in [0.05, 0.1) is 0 Å². The predicted molar refractivity (Wildman–Crippen MR) is 74.6 cm³/mol. The molecule has 0 unspecified atom stereocenters. The van der Waals surface area contributed by atoms with Crippen LogP contribution < -0.4 is 5.32 Å². The van der Waals surface area contributed by atoms with Crippen LogP contribution in [0.2, 0.25) is 5.02 Å². The van der Waals surface area contributed by atoms with Crippen LogP contribution in [0.5, 0.6) is 0 Å². The summed E-state index contributed by atoms with van der Waals surface area (Å²) >= 11 is 7.06. The van der Waals surface area contributed by atoms with Crippen molar-refractivity contribution in [1.29, 1.82) is 0 Å². The summed E-state index contributed by atoms with van der Waals surface area (Å²) in [6.07, 6.45) is 2.08. The first-order valence-corrected chi connectivity index (χ1v) is 7.29. The van der Waals surface area contributed by atoms with Crippen LogP contribution in [0.1, 0.15) is 34.8 Å². The number of carbonyl (C=O) groups excluding carboxylic acids is 1. The lowest BCUT2D eigenvalue weighted by atomic mass is 9.75. The SMILES string of the molecule is O=C(N[C@H]1CC[C@H]1c1ccc(Cl)cc1)c1csnn1. The van der Waals surface area contributed by atoms with Gasteiger partial charge in [0.1, 0.15) is 0 Å². The first-order valence-electron chi connectivity index (χ1n) is 6.07. The first kappa shape index (κ1) is 12.6. The van der Waals surface area contributed by atoms with E-state index in [2.05, 4.69) is 14.9 Å². The quantitative estimate of drug-likeness (QED) is 0.947. The number of aromatic nitrogens is 2. The maximum absolute atomic E-state index is 11.9. The van der Waals surface area contributed by atoms with Crippen LogP contribution in [0.25, 0.3) is 0 Å². The molecule has 2 aromatic rings. The Kier molecular flexibility index (Phi) is 3.48. The zero-order chi connectivity index (χ0) is 13.2. The zero-order valence-electron chi connectivity index (χ0n) is 10.0. The molecule has 0 radical (unpaired) electrons. The van der Waals surface area contributed by atoms with Crippen LogP contribution in [0.15, 0.2) is 29.6 Å². The van der Waals surface area contributed by atoms with Gasteiger partial charge in [0, 0.05) is 22.4 Å². The Balaban J connectivity index is 1.66. The van der Waals surface area contributed by atoms with Crippen molar-refractivity contribution in [2.75, 3.05) is 0 Å².